The molecule has 0 heterocycles. The summed E-state index contributed by atoms with van der Waals surface area (Å²) in [4.78, 5) is 23.2. The van der Waals surface area contributed by atoms with Gasteiger partial charge in [-0.25, -0.2) is 14.0 Å². The van der Waals surface area contributed by atoms with Crippen molar-refractivity contribution in [2.75, 3.05) is 5.32 Å². The second kappa shape index (κ2) is 19.9. The largest absolute Gasteiger partial charge is 0.444 e. The Balaban J connectivity index is 0.000000336. The number of benzene rings is 2. The number of ether oxygens (including phenoxy) is 2. The monoisotopic (exact) mass is 872 g/mol. The lowest BCUT2D eigenvalue weighted by Crippen LogP contribution is -2.42. The number of alkyl halides is 12. The number of carbonyl (C=O) groups excluding carboxylic acids is 2. The maximum absolute atomic E-state index is 13.0. The number of halogens is 13. The molecule has 0 bridgehead atoms. The van der Waals surface area contributed by atoms with Gasteiger partial charge in [0.1, 0.15) is 17.0 Å². The Morgan fingerprint density at radius 3 is 1.10 bits per heavy atom. The van der Waals surface area contributed by atoms with Crippen molar-refractivity contribution in [1.29, 1.82) is 0 Å². The molecule has 2 aromatic rings. The van der Waals surface area contributed by atoms with Crippen LogP contribution in [0.25, 0.3) is 0 Å². The van der Waals surface area contributed by atoms with Crippen LogP contribution in [0, 0.1) is 5.82 Å². The molecule has 2 saturated carbocycles. The van der Waals surface area contributed by atoms with Gasteiger partial charge in [-0.1, -0.05) is 0 Å². The summed E-state index contributed by atoms with van der Waals surface area (Å²) >= 11 is 0. The molecule has 0 atom stereocenters. The molecule has 2 aliphatic rings. The predicted molar refractivity (Wildman–Crippen MR) is 191 cm³/mol. The van der Waals surface area contributed by atoms with Crippen molar-refractivity contribution in [2.45, 2.75) is 153 Å². The van der Waals surface area contributed by atoms with Gasteiger partial charge in [0.05, 0.1) is 22.3 Å². The highest BCUT2D eigenvalue weighted by molar-refractivity contribution is 5.68. The van der Waals surface area contributed by atoms with Gasteiger partial charge in [0.15, 0.2) is 0 Å². The molecule has 21 heteroatoms. The summed E-state index contributed by atoms with van der Waals surface area (Å²) in [6.45, 7) is 10.8. The van der Waals surface area contributed by atoms with E-state index in [9.17, 15) is 66.7 Å². The summed E-state index contributed by atoms with van der Waals surface area (Å²) in [6.07, 6.45) is -14.7. The number of rotatable bonds is 4. The van der Waals surface area contributed by atoms with Gasteiger partial charge in [0.25, 0.3) is 0 Å². The van der Waals surface area contributed by atoms with Gasteiger partial charge < -0.3 is 31.2 Å². The van der Waals surface area contributed by atoms with E-state index >= 15 is 0 Å². The Bertz CT molecular complexity index is 1600. The molecule has 2 amide bonds. The fourth-order valence-corrected chi connectivity index (χ4v) is 5.78. The molecule has 2 aliphatic carbocycles. The van der Waals surface area contributed by atoms with E-state index < -0.39 is 70.1 Å². The Hall–Kier alpha value is -4.17. The molecule has 5 N–H and O–H groups in total. The minimum Gasteiger partial charge on any atom is -0.444 e. The molecule has 2 aromatic carbocycles. The van der Waals surface area contributed by atoms with E-state index in [-0.39, 0.29) is 54.2 Å². The molecule has 336 valence electrons. The number of amides is 2. The highest BCUT2D eigenvalue weighted by Crippen LogP contribution is 2.39. The summed E-state index contributed by atoms with van der Waals surface area (Å²) in [5.41, 5.74) is -1.52. The van der Waals surface area contributed by atoms with Crippen LogP contribution in [0.5, 0.6) is 0 Å². The van der Waals surface area contributed by atoms with Crippen molar-refractivity contribution >= 4 is 17.9 Å². The van der Waals surface area contributed by atoms with Crippen molar-refractivity contribution in [3.63, 3.8) is 0 Å². The smallest absolute Gasteiger partial charge is 0.416 e. The van der Waals surface area contributed by atoms with Crippen LogP contribution in [0.1, 0.15) is 115 Å². The third kappa shape index (κ3) is 19.6. The number of hydrogen-bond acceptors (Lipinski definition) is 6. The maximum Gasteiger partial charge on any atom is 0.416 e. The molecule has 0 spiro atoms. The first kappa shape index (κ1) is 51.0. The Labute approximate surface area is 333 Å². The topological polar surface area (TPSA) is 115 Å². The molecule has 2 fully saturated rings. The van der Waals surface area contributed by atoms with Crippen LogP contribution in [0.4, 0.5) is 72.4 Å². The van der Waals surface area contributed by atoms with Crippen molar-refractivity contribution in [3.05, 3.63) is 64.5 Å². The zero-order valence-electron chi connectivity index (χ0n) is 33.1. The summed E-state index contributed by atoms with van der Waals surface area (Å²) in [6, 6.07) is 1.44. The first-order valence-electron chi connectivity index (χ1n) is 18.4. The van der Waals surface area contributed by atoms with Crippen LogP contribution in [0.3, 0.4) is 0 Å². The lowest BCUT2D eigenvalue weighted by molar-refractivity contribution is -0.144. The average molecular weight is 873 g/mol. The van der Waals surface area contributed by atoms with Crippen molar-refractivity contribution < 1.29 is 76.1 Å². The summed E-state index contributed by atoms with van der Waals surface area (Å²) in [5, 5.41) is 8.38. The van der Waals surface area contributed by atoms with E-state index in [1.165, 1.54) is 0 Å². The minimum absolute atomic E-state index is 0.00917. The van der Waals surface area contributed by atoms with Crippen LogP contribution in [0.2, 0.25) is 0 Å². The third-order valence-corrected chi connectivity index (χ3v) is 8.45. The fourth-order valence-electron chi connectivity index (χ4n) is 5.78. The SMILES string of the molecule is CC(C)(C)OC(=O)NC1CCC(N)CC1.CC(C)(C)OC(=O)NC1CCC(Nc2cc(C(F)(F)F)cc(C(F)(F)F)c2)CC1.Fc1cc(C(F)(F)F)cc(C(F)(F)F)c1. The van der Waals surface area contributed by atoms with Gasteiger partial charge in [-0.05, 0) is 129 Å². The highest BCUT2D eigenvalue weighted by Gasteiger charge is 2.38. The number of alkyl carbamates (subject to hydrolysis) is 2. The summed E-state index contributed by atoms with van der Waals surface area (Å²) in [7, 11) is 0. The normalized spacial score (nSPS) is 20.5. The van der Waals surface area contributed by atoms with Crippen molar-refractivity contribution in [3.8, 4) is 0 Å². The van der Waals surface area contributed by atoms with Crippen LogP contribution >= 0.6 is 0 Å². The number of nitrogens with one attached hydrogen (secondary N) is 3. The molecule has 0 radical (unpaired) electrons. The summed E-state index contributed by atoms with van der Waals surface area (Å²) < 4.78 is 173. The molecule has 0 saturated heterocycles. The van der Waals surface area contributed by atoms with Gasteiger partial charge in [-0.2, -0.15) is 52.7 Å². The Morgan fingerprint density at radius 2 is 0.797 bits per heavy atom. The maximum atomic E-state index is 13.0. The number of anilines is 1. The zero-order valence-corrected chi connectivity index (χ0v) is 33.1. The molecule has 0 aliphatic heterocycles. The van der Waals surface area contributed by atoms with E-state index in [0.717, 1.165) is 25.7 Å². The van der Waals surface area contributed by atoms with Crippen molar-refractivity contribution in [2.24, 2.45) is 5.73 Å². The van der Waals surface area contributed by atoms with E-state index in [2.05, 4.69) is 16.0 Å². The molecule has 4 rings (SSSR count). The van der Waals surface area contributed by atoms with Crippen molar-refractivity contribution in [1.82, 2.24) is 10.6 Å². The molecule has 0 unspecified atom stereocenters. The fraction of sp³-hybridized carbons (Fsp3) is 0.632. The third-order valence-electron chi connectivity index (χ3n) is 8.45. The van der Waals surface area contributed by atoms with Gasteiger partial charge in [-0.15, -0.1) is 0 Å². The van der Waals surface area contributed by atoms with Gasteiger partial charge in [-0.3, -0.25) is 0 Å². The number of carbonyl (C=O) groups is 2. The van der Waals surface area contributed by atoms with Gasteiger partial charge in [0.2, 0.25) is 0 Å². The van der Waals surface area contributed by atoms with Crippen LogP contribution in [-0.2, 0) is 34.2 Å². The van der Waals surface area contributed by atoms with Gasteiger partial charge in [0, 0.05) is 29.9 Å². The van der Waals surface area contributed by atoms with E-state index in [4.69, 9.17) is 15.2 Å². The number of hydrogen-bond donors (Lipinski definition) is 4. The molecular weight excluding hydrogens is 823 g/mol. The van der Waals surface area contributed by atoms with E-state index in [0.29, 0.717) is 43.9 Å². The lowest BCUT2D eigenvalue weighted by Gasteiger charge is -2.31. The standard InChI is InChI=1S/C19H24F6N2O2.C11H22N2O2.C8H3F7/c1-17(2,3)29-16(28)27-14-6-4-13(5-7-14)26-15-9-11(18(20,21)22)8-12(10-15)19(23,24)25;1-11(2,3)15-10(14)13-9-6-4-8(12)5-7-9;9-6-2-4(7(10,11)12)1-5(3-6)8(13,14)15/h8-10,13-14,26H,4-7H2,1-3H3,(H,27,28);8-9H,4-7,12H2,1-3H3,(H,13,14);1-3H. The van der Waals surface area contributed by atoms with E-state index in [1.807, 2.05) is 20.8 Å². The zero-order chi connectivity index (χ0) is 45.4. The van der Waals surface area contributed by atoms with Crippen LogP contribution in [0.15, 0.2) is 36.4 Å². The average Bonchev–Trinajstić information content (AvgIpc) is 3.04. The number of nitrogens with two attached hydrogens (primary N) is 1. The van der Waals surface area contributed by atoms with Crippen LogP contribution < -0.4 is 21.7 Å². The first-order valence-corrected chi connectivity index (χ1v) is 18.4. The lowest BCUT2D eigenvalue weighted by atomic mass is 9.91. The quantitative estimate of drug-likeness (QED) is 0.228. The molecule has 8 nitrogen and oxygen atoms in total. The van der Waals surface area contributed by atoms with Crippen LogP contribution in [-0.4, -0.2) is 47.6 Å². The van der Waals surface area contributed by atoms with E-state index in [1.54, 1.807) is 20.8 Å². The van der Waals surface area contributed by atoms with Gasteiger partial charge >= 0.3 is 36.9 Å². The summed E-state index contributed by atoms with van der Waals surface area (Å²) in [5.74, 6) is -1.57. The Morgan fingerprint density at radius 1 is 0.508 bits per heavy atom. The second-order valence-corrected chi connectivity index (χ2v) is 16.1. The molecule has 59 heavy (non-hydrogen) atoms. The minimum atomic E-state index is -5.00. The molecular formula is C38H49F13N4O4. The first-order chi connectivity index (χ1) is 26.6. The highest BCUT2D eigenvalue weighted by atomic mass is 19.4. The second-order valence-electron chi connectivity index (χ2n) is 16.1. The predicted octanol–water partition coefficient (Wildman–Crippen LogP) is 11.6. The molecule has 0 aromatic heterocycles. The Kier molecular flexibility index (Phi) is 17.2.